The Morgan fingerprint density at radius 1 is 0.962 bits per heavy atom. The van der Waals surface area contributed by atoms with Crippen LogP contribution in [0, 0.1) is 0 Å². The Morgan fingerprint density at radius 2 is 1.58 bits per heavy atom. The molecule has 2 rings (SSSR count). The Balaban J connectivity index is 1.83. The molecule has 0 bridgehead atoms. The summed E-state index contributed by atoms with van der Waals surface area (Å²) in [6.07, 6.45) is 0. The molecule has 136 valence electrons. The van der Waals surface area contributed by atoms with Gasteiger partial charge in [0.25, 0.3) is 0 Å². The number of carbonyl (C=O) groups excluding carboxylic acids is 2. The monoisotopic (exact) mass is 371 g/mol. The Bertz CT molecular complexity index is 785. The highest BCUT2D eigenvalue weighted by molar-refractivity contribution is 8.00. The van der Waals surface area contributed by atoms with Crippen LogP contribution in [0.25, 0.3) is 0 Å². The third-order valence-electron chi connectivity index (χ3n) is 3.99. The largest absolute Gasteiger partial charge is 0.481 e. The lowest BCUT2D eigenvalue weighted by molar-refractivity contribution is -0.142. The average molecular weight is 371 g/mol. The second kappa shape index (κ2) is 8.67. The van der Waals surface area contributed by atoms with Crippen molar-refractivity contribution in [1.29, 1.82) is 0 Å². The van der Waals surface area contributed by atoms with Crippen LogP contribution in [0.1, 0.15) is 29.8 Å². The number of nitrogens with one attached hydrogen (secondary N) is 1. The molecule has 0 aliphatic heterocycles. The molecule has 26 heavy (non-hydrogen) atoms. The number of benzene rings is 2. The van der Waals surface area contributed by atoms with Gasteiger partial charge in [-0.25, -0.2) is 0 Å². The van der Waals surface area contributed by atoms with Crippen molar-refractivity contribution in [2.45, 2.75) is 19.3 Å². The van der Waals surface area contributed by atoms with Crippen LogP contribution >= 0.6 is 11.8 Å². The van der Waals surface area contributed by atoms with Crippen LogP contribution in [-0.4, -0.2) is 34.3 Å². The van der Waals surface area contributed by atoms with Gasteiger partial charge in [-0.15, -0.1) is 11.8 Å². The van der Waals surface area contributed by atoms with Gasteiger partial charge in [0.05, 0.1) is 16.9 Å². The second-order valence-corrected chi connectivity index (χ2v) is 7.32. The third kappa shape index (κ3) is 5.20. The molecule has 0 saturated heterocycles. The highest BCUT2D eigenvalue weighted by atomic mass is 32.2. The maximum Gasteiger partial charge on any atom is 0.313 e. The summed E-state index contributed by atoms with van der Waals surface area (Å²) >= 11 is 1.26. The molecular formula is C20H21NO4S. The first-order valence-electron chi connectivity index (χ1n) is 8.10. The van der Waals surface area contributed by atoms with E-state index in [1.165, 1.54) is 11.8 Å². The minimum absolute atomic E-state index is 0.0105. The molecule has 2 aromatic carbocycles. The van der Waals surface area contributed by atoms with E-state index in [-0.39, 0.29) is 23.2 Å². The van der Waals surface area contributed by atoms with Crippen molar-refractivity contribution in [3.8, 4) is 0 Å². The molecular weight excluding hydrogens is 350 g/mol. The SMILES string of the molecule is CC(C)(C(=O)O)c1ccc(NC(=O)CSCC(=O)c2ccccc2)cc1. The molecule has 2 N–H and O–H groups in total. The summed E-state index contributed by atoms with van der Waals surface area (Å²) in [4.78, 5) is 35.2. The molecule has 0 fully saturated rings. The molecule has 2 aromatic rings. The fourth-order valence-electron chi connectivity index (χ4n) is 2.23. The number of anilines is 1. The van der Waals surface area contributed by atoms with E-state index in [2.05, 4.69) is 5.32 Å². The van der Waals surface area contributed by atoms with E-state index >= 15 is 0 Å². The number of amides is 1. The molecule has 5 nitrogen and oxygen atoms in total. The number of carboxylic acid groups (broad SMARTS) is 1. The number of carbonyl (C=O) groups is 3. The van der Waals surface area contributed by atoms with E-state index in [4.69, 9.17) is 0 Å². The Labute approximate surface area is 156 Å². The van der Waals surface area contributed by atoms with E-state index in [9.17, 15) is 19.5 Å². The van der Waals surface area contributed by atoms with Gasteiger partial charge in [0.1, 0.15) is 0 Å². The molecule has 0 atom stereocenters. The van der Waals surface area contributed by atoms with Gasteiger partial charge in [-0.2, -0.15) is 0 Å². The minimum Gasteiger partial charge on any atom is -0.481 e. The van der Waals surface area contributed by atoms with E-state index in [0.29, 0.717) is 16.8 Å². The van der Waals surface area contributed by atoms with Crippen LogP contribution < -0.4 is 5.32 Å². The van der Waals surface area contributed by atoms with E-state index < -0.39 is 11.4 Å². The molecule has 0 unspecified atom stereocenters. The molecule has 0 spiro atoms. The predicted octanol–water partition coefficient (Wildman–Crippen LogP) is 3.60. The lowest BCUT2D eigenvalue weighted by atomic mass is 9.85. The molecule has 0 saturated carbocycles. The summed E-state index contributed by atoms with van der Waals surface area (Å²) in [5.74, 6) is -0.719. The van der Waals surface area contributed by atoms with Gasteiger partial charge in [0.15, 0.2) is 5.78 Å². The first-order chi connectivity index (χ1) is 12.3. The predicted molar refractivity (Wildman–Crippen MR) is 104 cm³/mol. The highest BCUT2D eigenvalue weighted by Crippen LogP contribution is 2.24. The number of hydrogen-bond donors (Lipinski definition) is 2. The number of rotatable bonds is 8. The van der Waals surface area contributed by atoms with Crippen molar-refractivity contribution in [2.75, 3.05) is 16.8 Å². The average Bonchev–Trinajstić information content (AvgIpc) is 2.62. The van der Waals surface area contributed by atoms with Gasteiger partial charge in [-0.05, 0) is 31.5 Å². The second-order valence-electron chi connectivity index (χ2n) is 6.34. The topological polar surface area (TPSA) is 83.5 Å². The van der Waals surface area contributed by atoms with Crippen molar-refractivity contribution in [2.24, 2.45) is 0 Å². The minimum atomic E-state index is -0.990. The van der Waals surface area contributed by atoms with Crippen LogP contribution in [0.4, 0.5) is 5.69 Å². The van der Waals surface area contributed by atoms with Crippen molar-refractivity contribution in [3.63, 3.8) is 0 Å². The number of thioether (sulfide) groups is 1. The number of carboxylic acids is 1. The van der Waals surface area contributed by atoms with Gasteiger partial charge >= 0.3 is 5.97 Å². The van der Waals surface area contributed by atoms with Crippen molar-refractivity contribution >= 4 is 35.1 Å². The fraction of sp³-hybridized carbons (Fsp3) is 0.250. The van der Waals surface area contributed by atoms with Gasteiger partial charge in [-0.3, -0.25) is 14.4 Å². The zero-order valence-electron chi connectivity index (χ0n) is 14.7. The van der Waals surface area contributed by atoms with Crippen molar-refractivity contribution < 1.29 is 19.5 Å². The molecule has 0 aliphatic rings. The van der Waals surface area contributed by atoms with Gasteiger partial charge in [0, 0.05) is 11.3 Å². The molecule has 0 heterocycles. The van der Waals surface area contributed by atoms with Gasteiger partial charge < -0.3 is 10.4 Å². The summed E-state index contributed by atoms with van der Waals surface area (Å²) in [5.41, 5.74) is 0.897. The van der Waals surface area contributed by atoms with Crippen LogP contribution in [-0.2, 0) is 15.0 Å². The first kappa shape index (κ1) is 19.7. The van der Waals surface area contributed by atoms with Crippen LogP contribution in [0.2, 0.25) is 0 Å². The third-order valence-corrected chi connectivity index (χ3v) is 4.92. The number of aliphatic carboxylic acids is 1. The van der Waals surface area contributed by atoms with E-state index in [1.807, 2.05) is 6.07 Å². The maximum absolute atomic E-state index is 12.0. The van der Waals surface area contributed by atoms with E-state index in [0.717, 1.165) is 0 Å². The molecule has 1 amide bonds. The van der Waals surface area contributed by atoms with Gasteiger partial charge in [-0.1, -0.05) is 42.5 Å². The molecule has 6 heteroatoms. The summed E-state index contributed by atoms with van der Waals surface area (Å²) in [6, 6.07) is 15.7. The highest BCUT2D eigenvalue weighted by Gasteiger charge is 2.29. The Hall–Kier alpha value is -2.60. The number of hydrogen-bond acceptors (Lipinski definition) is 4. The summed E-state index contributed by atoms with van der Waals surface area (Å²) < 4.78 is 0. The Morgan fingerprint density at radius 3 is 2.15 bits per heavy atom. The standard InChI is InChI=1S/C20H21NO4S/c1-20(2,19(24)25)15-8-10-16(11-9-15)21-18(23)13-26-12-17(22)14-6-4-3-5-7-14/h3-11H,12-13H2,1-2H3,(H,21,23)(H,24,25). The van der Waals surface area contributed by atoms with Crippen molar-refractivity contribution in [3.05, 3.63) is 65.7 Å². The molecule has 0 aromatic heterocycles. The summed E-state index contributed by atoms with van der Waals surface area (Å²) in [7, 11) is 0. The summed E-state index contributed by atoms with van der Waals surface area (Å²) in [6.45, 7) is 3.26. The van der Waals surface area contributed by atoms with Gasteiger partial charge in [0.2, 0.25) is 5.91 Å². The normalized spacial score (nSPS) is 11.0. The maximum atomic E-state index is 12.0. The molecule has 0 aliphatic carbocycles. The number of ketones is 1. The lowest BCUT2D eigenvalue weighted by Gasteiger charge is -2.19. The van der Waals surface area contributed by atoms with Crippen molar-refractivity contribution in [1.82, 2.24) is 0 Å². The fourth-order valence-corrected chi connectivity index (χ4v) is 2.95. The zero-order valence-corrected chi connectivity index (χ0v) is 15.5. The number of Topliss-reactive ketones (excluding diaryl/α,β-unsaturated/α-hetero) is 1. The smallest absolute Gasteiger partial charge is 0.313 e. The van der Waals surface area contributed by atoms with Crippen LogP contribution in [0.15, 0.2) is 54.6 Å². The van der Waals surface area contributed by atoms with Crippen LogP contribution in [0.5, 0.6) is 0 Å². The Kier molecular flexibility index (Phi) is 6.58. The lowest BCUT2D eigenvalue weighted by Crippen LogP contribution is -2.28. The van der Waals surface area contributed by atoms with E-state index in [1.54, 1.807) is 62.4 Å². The first-order valence-corrected chi connectivity index (χ1v) is 9.26. The summed E-state index contributed by atoms with van der Waals surface area (Å²) in [5, 5.41) is 12.0. The zero-order chi connectivity index (χ0) is 19.2. The van der Waals surface area contributed by atoms with Crippen LogP contribution in [0.3, 0.4) is 0 Å². The molecule has 0 radical (unpaired) electrons. The quantitative estimate of drug-likeness (QED) is 0.693.